The summed E-state index contributed by atoms with van der Waals surface area (Å²) in [7, 11) is 0. The highest BCUT2D eigenvalue weighted by atomic mass is 16.6. The van der Waals surface area contributed by atoms with Gasteiger partial charge in [0.15, 0.2) is 0 Å². The molecule has 25 heavy (non-hydrogen) atoms. The summed E-state index contributed by atoms with van der Waals surface area (Å²) in [5, 5.41) is 29.3. The summed E-state index contributed by atoms with van der Waals surface area (Å²) in [6, 6.07) is 12.9. The van der Waals surface area contributed by atoms with Crippen LogP contribution in [0.25, 0.3) is 11.1 Å². The summed E-state index contributed by atoms with van der Waals surface area (Å²) in [4.78, 5) is 0. The van der Waals surface area contributed by atoms with Gasteiger partial charge in [-0.25, -0.2) is 0 Å². The molecule has 4 heteroatoms. The second-order valence-corrected chi connectivity index (χ2v) is 6.09. The molecule has 134 valence electrons. The van der Waals surface area contributed by atoms with E-state index in [-0.39, 0.29) is 17.9 Å². The van der Waals surface area contributed by atoms with Crippen molar-refractivity contribution in [3.63, 3.8) is 0 Å². The van der Waals surface area contributed by atoms with E-state index < -0.39 is 6.29 Å². The third kappa shape index (κ3) is 5.08. The van der Waals surface area contributed by atoms with E-state index in [0.29, 0.717) is 11.3 Å². The minimum atomic E-state index is -1.33. The van der Waals surface area contributed by atoms with Gasteiger partial charge in [0.05, 0.1) is 12.2 Å². The van der Waals surface area contributed by atoms with Crippen LogP contribution in [0.4, 0.5) is 0 Å². The number of aliphatic hydroxyl groups excluding tert-OH is 2. The first-order valence-corrected chi connectivity index (χ1v) is 8.61. The van der Waals surface area contributed by atoms with Gasteiger partial charge in [0.2, 0.25) is 6.29 Å². The molecule has 0 heterocycles. The zero-order chi connectivity index (χ0) is 18.2. The lowest BCUT2D eigenvalue weighted by Crippen LogP contribution is -2.20. The van der Waals surface area contributed by atoms with Gasteiger partial charge in [0, 0.05) is 5.57 Å². The Morgan fingerprint density at radius 2 is 1.84 bits per heavy atom. The van der Waals surface area contributed by atoms with E-state index in [4.69, 9.17) is 9.84 Å². The topological polar surface area (TPSA) is 69.9 Å². The minimum Gasteiger partial charge on any atom is -0.507 e. The Hall–Kier alpha value is -2.30. The molecule has 0 bridgehead atoms. The fourth-order valence-corrected chi connectivity index (χ4v) is 2.61. The van der Waals surface area contributed by atoms with E-state index in [1.54, 1.807) is 18.2 Å². The summed E-state index contributed by atoms with van der Waals surface area (Å²) in [5.74, 6) is 0.402. The van der Waals surface area contributed by atoms with Crippen LogP contribution in [0.2, 0.25) is 0 Å². The predicted molar refractivity (Wildman–Crippen MR) is 99.6 cm³/mol. The summed E-state index contributed by atoms with van der Waals surface area (Å²) in [6.45, 7) is 5.36. The molecule has 1 unspecified atom stereocenters. The van der Waals surface area contributed by atoms with Gasteiger partial charge in [-0.1, -0.05) is 56.7 Å². The van der Waals surface area contributed by atoms with Gasteiger partial charge < -0.3 is 20.1 Å². The number of aryl methyl sites for hydroxylation is 1. The van der Waals surface area contributed by atoms with Crippen molar-refractivity contribution in [1.82, 2.24) is 0 Å². The molecule has 0 amide bonds. The number of unbranched alkanes of at least 4 members (excludes halogenated alkanes) is 2. The van der Waals surface area contributed by atoms with Crippen LogP contribution in [0, 0.1) is 0 Å². The maximum absolute atomic E-state index is 10.3. The lowest BCUT2D eigenvalue weighted by atomic mass is 10.00. The molecular formula is C21H26O4. The van der Waals surface area contributed by atoms with Crippen LogP contribution in [-0.2, 0) is 6.42 Å². The zero-order valence-corrected chi connectivity index (χ0v) is 14.6. The number of rotatable bonds is 9. The molecule has 0 fully saturated rings. The van der Waals surface area contributed by atoms with E-state index >= 15 is 0 Å². The Kier molecular flexibility index (Phi) is 7.04. The largest absolute Gasteiger partial charge is 0.507 e. The van der Waals surface area contributed by atoms with Crippen molar-refractivity contribution in [2.75, 3.05) is 6.61 Å². The average molecular weight is 342 g/mol. The smallest absolute Gasteiger partial charge is 0.222 e. The van der Waals surface area contributed by atoms with Crippen molar-refractivity contribution in [3.8, 4) is 22.6 Å². The van der Waals surface area contributed by atoms with E-state index in [9.17, 15) is 10.2 Å². The molecule has 2 rings (SSSR count). The summed E-state index contributed by atoms with van der Waals surface area (Å²) in [6.07, 6.45) is 3.27. The molecule has 0 radical (unpaired) electrons. The number of benzene rings is 2. The molecule has 0 aromatic heterocycles. The van der Waals surface area contributed by atoms with E-state index in [1.165, 1.54) is 18.4 Å². The zero-order valence-electron chi connectivity index (χ0n) is 14.6. The van der Waals surface area contributed by atoms with Gasteiger partial charge in [-0.15, -0.1) is 0 Å². The number of hydrogen-bond acceptors (Lipinski definition) is 4. The first-order chi connectivity index (χ1) is 12.1. The van der Waals surface area contributed by atoms with Crippen molar-refractivity contribution in [3.05, 3.63) is 60.2 Å². The normalized spacial score (nSPS) is 12.0. The molecule has 0 saturated carbocycles. The molecule has 0 saturated heterocycles. The fourth-order valence-electron chi connectivity index (χ4n) is 2.61. The highest BCUT2D eigenvalue weighted by Gasteiger charge is 2.16. The molecule has 2 aromatic carbocycles. The summed E-state index contributed by atoms with van der Waals surface area (Å²) in [5.41, 5.74) is 2.71. The van der Waals surface area contributed by atoms with E-state index in [0.717, 1.165) is 18.4 Å². The van der Waals surface area contributed by atoms with Crippen LogP contribution in [0.15, 0.2) is 54.6 Å². The van der Waals surface area contributed by atoms with Crippen LogP contribution in [0.5, 0.6) is 11.5 Å². The highest BCUT2D eigenvalue weighted by molar-refractivity contribution is 5.76. The molecule has 0 aliphatic heterocycles. The first-order valence-electron chi connectivity index (χ1n) is 8.61. The van der Waals surface area contributed by atoms with Crippen molar-refractivity contribution < 1.29 is 20.1 Å². The molecule has 4 nitrogen and oxygen atoms in total. The second-order valence-electron chi connectivity index (χ2n) is 6.09. The summed E-state index contributed by atoms with van der Waals surface area (Å²) >= 11 is 0. The Bertz CT molecular complexity index is 692. The monoisotopic (exact) mass is 342 g/mol. The van der Waals surface area contributed by atoms with Crippen LogP contribution in [-0.4, -0.2) is 28.2 Å². The van der Waals surface area contributed by atoms with Crippen molar-refractivity contribution in [2.45, 2.75) is 38.9 Å². The van der Waals surface area contributed by atoms with Crippen LogP contribution in [0.1, 0.15) is 31.7 Å². The van der Waals surface area contributed by atoms with Gasteiger partial charge in [-0.05, 0) is 36.1 Å². The Labute approximate surface area is 149 Å². The first kappa shape index (κ1) is 19.0. The molecule has 0 spiro atoms. The lowest BCUT2D eigenvalue weighted by Gasteiger charge is -2.18. The average Bonchev–Trinajstić information content (AvgIpc) is 2.62. The van der Waals surface area contributed by atoms with Crippen LogP contribution >= 0.6 is 0 Å². The Morgan fingerprint density at radius 1 is 1.12 bits per heavy atom. The standard InChI is InChI=1S/C21H26O4/c1-3-4-5-7-16-10-12-17(13-11-16)20-18(23)8-6-9-19(20)25-21(24)15(2)14-22/h6,8-13,21-24H,2-5,7,14H2,1H3. The molecule has 1 atom stereocenters. The predicted octanol–water partition coefficient (Wildman–Crippen LogP) is 4.04. The van der Waals surface area contributed by atoms with Gasteiger partial charge in [-0.2, -0.15) is 0 Å². The minimum absolute atomic E-state index is 0.0676. The number of hydrogen-bond donors (Lipinski definition) is 3. The van der Waals surface area contributed by atoms with Gasteiger partial charge in [0.1, 0.15) is 11.5 Å². The summed E-state index contributed by atoms with van der Waals surface area (Å²) < 4.78 is 5.48. The van der Waals surface area contributed by atoms with Crippen LogP contribution < -0.4 is 4.74 Å². The molecule has 2 aromatic rings. The number of aromatic hydroxyl groups is 1. The van der Waals surface area contributed by atoms with Crippen molar-refractivity contribution in [2.24, 2.45) is 0 Å². The Balaban J connectivity index is 2.24. The number of ether oxygens (including phenoxy) is 1. The molecule has 0 aliphatic rings. The fraction of sp³-hybridized carbons (Fsp3) is 0.333. The maximum atomic E-state index is 10.3. The number of aliphatic hydroxyl groups is 2. The third-order valence-corrected chi connectivity index (χ3v) is 4.11. The molecular weight excluding hydrogens is 316 g/mol. The number of phenols is 1. The Morgan fingerprint density at radius 3 is 2.48 bits per heavy atom. The van der Waals surface area contributed by atoms with Gasteiger partial charge >= 0.3 is 0 Å². The maximum Gasteiger partial charge on any atom is 0.222 e. The van der Waals surface area contributed by atoms with E-state index in [1.807, 2.05) is 24.3 Å². The van der Waals surface area contributed by atoms with Gasteiger partial charge in [-0.3, -0.25) is 0 Å². The lowest BCUT2D eigenvalue weighted by molar-refractivity contribution is 0.00775. The van der Waals surface area contributed by atoms with Crippen molar-refractivity contribution in [1.29, 1.82) is 0 Å². The third-order valence-electron chi connectivity index (χ3n) is 4.11. The van der Waals surface area contributed by atoms with Crippen LogP contribution in [0.3, 0.4) is 0 Å². The van der Waals surface area contributed by atoms with E-state index in [2.05, 4.69) is 13.5 Å². The highest BCUT2D eigenvalue weighted by Crippen LogP contribution is 2.38. The second kappa shape index (κ2) is 9.25. The number of phenolic OH excluding ortho intramolecular Hbond substituents is 1. The van der Waals surface area contributed by atoms with Crippen molar-refractivity contribution >= 4 is 0 Å². The quantitative estimate of drug-likeness (QED) is 0.365. The SMILES string of the molecule is C=C(CO)C(O)Oc1cccc(O)c1-c1ccc(CCCCC)cc1. The van der Waals surface area contributed by atoms with Gasteiger partial charge in [0.25, 0.3) is 0 Å². The molecule has 3 N–H and O–H groups in total. The molecule has 0 aliphatic carbocycles.